The fourth-order valence-corrected chi connectivity index (χ4v) is 2.26. The van der Waals surface area contributed by atoms with Gasteiger partial charge in [0, 0.05) is 13.1 Å². The Morgan fingerprint density at radius 1 is 1.35 bits per heavy atom. The molecule has 1 heterocycles. The monoisotopic (exact) mass is 305 g/mol. The van der Waals surface area contributed by atoms with E-state index >= 15 is 0 Å². The fraction of sp³-hybridized carbons (Fsp3) is 0.833. The fourth-order valence-electron chi connectivity index (χ4n) is 1.97. The minimum Gasteiger partial charge on any atom is -0.466 e. The predicted molar refractivity (Wildman–Crippen MR) is 68.9 cm³/mol. The lowest BCUT2D eigenvalue weighted by Crippen LogP contribution is -2.43. The molecule has 0 aliphatic carbocycles. The van der Waals surface area contributed by atoms with Crippen molar-refractivity contribution in [2.45, 2.75) is 37.9 Å². The largest absolute Gasteiger partial charge is 0.466 e. The van der Waals surface area contributed by atoms with E-state index < -0.39 is 0 Å². The van der Waals surface area contributed by atoms with Gasteiger partial charge in [-0.15, -0.1) is 0 Å². The SMILES string of the molecule is CCOC(=O)C1CCN(C(=O)C(Br)CC)CC1. The van der Waals surface area contributed by atoms with Crippen molar-refractivity contribution in [3.63, 3.8) is 0 Å². The normalized spacial score (nSPS) is 18.9. The average Bonchev–Trinajstić information content (AvgIpc) is 2.37. The molecule has 0 radical (unpaired) electrons. The van der Waals surface area contributed by atoms with E-state index in [1.165, 1.54) is 0 Å². The smallest absolute Gasteiger partial charge is 0.309 e. The third kappa shape index (κ3) is 3.98. The molecule has 1 aliphatic heterocycles. The zero-order valence-corrected chi connectivity index (χ0v) is 12.0. The molecule has 0 bridgehead atoms. The molecule has 1 unspecified atom stereocenters. The maximum absolute atomic E-state index is 11.9. The third-order valence-corrected chi connectivity index (χ3v) is 4.09. The maximum Gasteiger partial charge on any atom is 0.309 e. The molecule has 1 amide bonds. The van der Waals surface area contributed by atoms with Crippen LogP contribution in [0.15, 0.2) is 0 Å². The summed E-state index contributed by atoms with van der Waals surface area (Å²) in [5.41, 5.74) is 0. The summed E-state index contributed by atoms with van der Waals surface area (Å²) in [4.78, 5) is 25.2. The number of nitrogens with zero attached hydrogens (tertiary/aromatic N) is 1. The highest BCUT2D eigenvalue weighted by Gasteiger charge is 2.29. The average molecular weight is 306 g/mol. The Bertz CT molecular complexity index is 275. The van der Waals surface area contributed by atoms with E-state index in [2.05, 4.69) is 15.9 Å². The highest BCUT2D eigenvalue weighted by Crippen LogP contribution is 2.21. The van der Waals surface area contributed by atoms with Crippen LogP contribution in [-0.4, -0.2) is 41.3 Å². The Labute approximate surface area is 111 Å². The summed E-state index contributed by atoms with van der Waals surface area (Å²) in [5.74, 6) is -0.0188. The van der Waals surface area contributed by atoms with Crippen LogP contribution in [0.2, 0.25) is 0 Å². The van der Waals surface area contributed by atoms with Crippen LogP contribution >= 0.6 is 15.9 Å². The van der Waals surface area contributed by atoms with E-state index in [-0.39, 0.29) is 22.6 Å². The second-order valence-electron chi connectivity index (χ2n) is 4.23. The number of carbonyl (C=O) groups is 2. The van der Waals surface area contributed by atoms with E-state index in [0.29, 0.717) is 32.5 Å². The first-order valence-corrected chi connectivity index (χ1v) is 7.11. The molecule has 1 fully saturated rings. The number of piperidine rings is 1. The molecule has 1 saturated heterocycles. The highest BCUT2D eigenvalue weighted by molar-refractivity contribution is 9.10. The number of rotatable bonds is 4. The van der Waals surface area contributed by atoms with Crippen LogP contribution in [0.25, 0.3) is 0 Å². The number of hydrogen-bond donors (Lipinski definition) is 0. The van der Waals surface area contributed by atoms with Crippen LogP contribution in [0, 0.1) is 5.92 Å². The van der Waals surface area contributed by atoms with Crippen molar-refractivity contribution in [1.29, 1.82) is 0 Å². The van der Waals surface area contributed by atoms with Crippen LogP contribution in [0.5, 0.6) is 0 Å². The molecule has 0 N–H and O–H groups in total. The Hall–Kier alpha value is -0.580. The standard InChI is InChI=1S/C12H20BrNO3/c1-3-10(13)11(15)14-7-5-9(6-8-14)12(16)17-4-2/h9-10H,3-8H2,1-2H3. The Kier molecular flexibility index (Phi) is 5.95. The Balaban J connectivity index is 2.40. The van der Waals surface area contributed by atoms with E-state index in [1.807, 2.05) is 18.7 Å². The van der Waals surface area contributed by atoms with Crippen LogP contribution in [0.1, 0.15) is 33.1 Å². The molecule has 0 aromatic heterocycles. The van der Waals surface area contributed by atoms with Crippen molar-refractivity contribution < 1.29 is 14.3 Å². The molecule has 1 aliphatic rings. The highest BCUT2D eigenvalue weighted by atomic mass is 79.9. The van der Waals surface area contributed by atoms with Crippen molar-refractivity contribution >= 4 is 27.8 Å². The Morgan fingerprint density at radius 2 is 1.94 bits per heavy atom. The summed E-state index contributed by atoms with van der Waals surface area (Å²) in [5, 5.41) is 0. The summed E-state index contributed by atoms with van der Waals surface area (Å²) in [6.45, 7) is 5.53. The lowest BCUT2D eigenvalue weighted by atomic mass is 9.97. The molecule has 0 saturated carbocycles. The topological polar surface area (TPSA) is 46.6 Å². The predicted octanol–water partition coefficient (Wildman–Crippen LogP) is 1.96. The van der Waals surface area contributed by atoms with Crippen molar-refractivity contribution in [2.24, 2.45) is 5.92 Å². The van der Waals surface area contributed by atoms with Crippen LogP contribution < -0.4 is 0 Å². The van der Waals surface area contributed by atoms with Gasteiger partial charge in [0.25, 0.3) is 0 Å². The summed E-state index contributed by atoms with van der Waals surface area (Å²) in [6, 6.07) is 0. The van der Waals surface area contributed by atoms with Gasteiger partial charge in [-0.05, 0) is 26.2 Å². The van der Waals surface area contributed by atoms with Gasteiger partial charge >= 0.3 is 5.97 Å². The summed E-state index contributed by atoms with van der Waals surface area (Å²) in [6.07, 6.45) is 2.22. The van der Waals surface area contributed by atoms with Crippen LogP contribution in [-0.2, 0) is 14.3 Å². The number of amides is 1. The third-order valence-electron chi connectivity index (χ3n) is 3.05. The van der Waals surface area contributed by atoms with Gasteiger partial charge in [0.05, 0.1) is 17.4 Å². The molecule has 17 heavy (non-hydrogen) atoms. The summed E-state index contributed by atoms with van der Waals surface area (Å²) >= 11 is 3.36. The molecular formula is C12H20BrNO3. The molecule has 1 atom stereocenters. The van der Waals surface area contributed by atoms with Crippen molar-refractivity contribution in [3.05, 3.63) is 0 Å². The van der Waals surface area contributed by atoms with E-state index in [9.17, 15) is 9.59 Å². The number of hydrogen-bond acceptors (Lipinski definition) is 3. The van der Waals surface area contributed by atoms with E-state index in [4.69, 9.17) is 4.74 Å². The van der Waals surface area contributed by atoms with Gasteiger partial charge in [0.1, 0.15) is 0 Å². The Morgan fingerprint density at radius 3 is 2.41 bits per heavy atom. The van der Waals surface area contributed by atoms with Gasteiger partial charge < -0.3 is 9.64 Å². The minimum atomic E-state index is -0.120. The van der Waals surface area contributed by atoms with E-state index in [1.54, 1.807) is 0 Å². The number of carbonyl (C=O) groups excluding carboxylic acids is 2. The minimum absolute atomic E-state index is 0.0330. The lowest BCUT2D eigenvalue weighted by molar-refractivity contribution is -0.151. The molecule has 98 valence electrons. The summed E-state index contributed by atoms with van der Waals surface area (Å²) in [7, 11) is 0. The summed E-state index contributed by atoms with van der Waals surface area (Å²) < 4.78 is 4.99. The zero-order chi connectivity index (χ0) is 12.8. The zero-order valence-electron chi connectivity index (χ0n) is 10.4. The van der Waals surface area contributed by atoms with Gasteiger partial charge in [-0.3, -0.25) is 9.59 Å². The maximum atomic E-state index is 11.9. The molecule has 4 nitrogen and oxygen atoms in total. The molecule has 5 heteroatoms. The first-order valence-electron chi connectivity index (χ1n) is 6.19. The second kappa shape index (κ2) is 6.99. The van der Waals surface area contributed by atoms with Gasteiger partial charge in [-0.1, -0.05) is 22.9 Å². The van der Waals surface area contributed by atoms with Crippen LogP contribution in [0.4, 0.5) is 0 Å². The number of halogens is 1. The van der Waals surface area contributed by atoms with E-state index in [0.717, 1.165) is 6.42 Å². The van der Waals surface area contributed by atoms with Gasteiger partial charge in [-0.25, -0.2) is 0 Å². The molecule has 0 aromatic rings. The lowest BCUT2D eigenvalue weighted by Gasteiger charge is -2.32. The van der Waals surface area contributed by atoms with Crippen LogP contribution in [0.3, 0.4) is 0 Å². The molecule has 1 rings (SSSR count). The van der Waals surface area contributed by atoms with Crippen molar-refractivity contribution in [2.75, 3.05) is 19.7 Å². The first kappa shape index (κ1) is 14.5. The molecule has 0 spiro atoms. The van der Waals surface area contributed by atoms with Gasteiger partial charge in [0.2, 0.25) is 5.91 Å². The second-order valence-corrected chi connectivity index (χ2v) is 5.33. The first-order chi connectivity index (χ1) is 8.10. The number of ether oxygens (including phenoxy) is 1. The van der Waals surface area contributed by atoms with Crippen molar-refractivity contribution in [1.82, 2.24) is 4.90 Å². The number of alkyl halides is 1. The number of esters is 1. The van der Waals surface area contributed by atoms with Crippen molar-refractivity contribution in [3.8, 4) is 0 Å². The van der Waals surface area contributed by atoms with Gasteiger partial charge in [-0.2, -0.15) is 0 Å². The molecule has 0 aromatic carbocycles. The quantitative estimate of drug-likeness (QED) is 0.589. The molecular weight excluding hydrogens is 286 g/mol. The van der Waals surface area contributed by atoms with Gasteiger partial charge in [0.15, 0.2) is 0 Å². The number of likely N-dealkylation sites (tertiary alicyclic amines) is 1.